The van der Waals surface area contributed by atoms with Gasteiger partial charge in [-0.25, -0.2) is 18.2 Å². The van der Waals surface area contributed by atoms with Gasteiger partial charge >= 0.3 is 6.18 Å². The third-order valence-corrected chi connectivity index (χ3v) is 8.15. The third-order valence-electron chi connectivity index (χ3n) is 7.04. The molecule has 5 N–H and O–H groups in total. The van der Waals surface area contributed by atoms with E-state index in [1.807, 2.05) is 11.9 Å². The van der Waals surface area contributed by atoms with Crippen molar-refractivity contribution in [3.63, 3.8) is 0 Å². The van der Waals surface area contributed by atoms with Crippen molar-refractivity contribution in [1.82, 2.24) is 20.3 Å². The summed E-state index contributed by atoms with van der Waals surface area (Å²) < 4.78 is 84.9. The van der Waals surface area contributed by atoms with Gasteiger partial charge in [-0.3, -0.25) is 10.2 Å². The molecule has 11 nitrogen and oxygen atoms in total. The van der Waals surface area contributed by atoms with Gasteiger partial charge in [0, 0.05) is 36.5 Å². The Morgan fingerprint density at radius 3 is 2.58 bits per heavy atom. The SMILES string of the molecule is COc1cc(S(C)(=O)=O)ccc1NCC(O)NNC(=O)c1cc2c(N[C@@H]3CCN(C)C[C@@H]3F)cccc2n1CC(F)(F)F. The molecule has 43 heavy (non-hydrogen) atoms. The van der Waals surface area contributed by atoms with E-state index in [-0.39, 0.29) is 34.9 Å². The first-order valence-electron chi connectivity index (χ1n) is 13.3. The van der Waals surface area contributed by atoms with Crippen LogP contribution in [0.3, 0.4) is 0 Å². The molecule has 2 heterocycles. The lowest BCUT2D eigenvalue weighted by molar-refractivity contribution is -0.140. The molecule has 3 atom stereocenters. The lowest BCUT2D eigenvalue weighted by Crippen LogP contribution is -2.47. The molecular formula is C27H34F4N6O5S. The quantitative estimate of drug-likeness (QED) is 0.123. The van der Waals surface area contributed by atoms with Crippen molar-refractivity contribution in [2.45, 2.75) is 42.5 Å². The van der Waals surface area contributed by atoms with Crippen LogP contribution in [0.1, 0.15) is 16.9 Å². The number of alkyl halides is 4. The molecule has 1 saturated heterocycles. The van der Waals surface area contributed by atoms with E-state index in [4.69, 9.17) is 4.74 Å². The number of hydrogen-bond acceptors (Lipinski definition) is 9. The molecule has 0 spiro atoms. The van der Waals surface area contributed by atoms with Gasteiger partial charge in [-0.2, -0.15) is 13.2 Å². The van der Waals surface area contributed by atoms with E-state index in [1.165, 1.54) is 43.5 Å². The number of hydrogen-bond donors (Lipinski definition) is 5. The van der Waals surface area contributed by atoms with E-state index in [0.29, 0.717) is 29.7 Å². The highest BCUT2D eigenvalue weighted by Crippen LogP contribution is 2.32. The van der Waals surface area contributed by atoms with Gasteiger partial charge in [0.05, 0.1) is 35.8 Å². The topological polar surface area (TPSA) is 137 Å². The van der Waals surface area contributed by atoms with Gasteiger partial charge in [-0.15, -0.1) is 0 Å². The minimum Gasteiger partial charge on any atom is -0.495 e. The molecule has 0 saturated carbocycles. The minimum atomic E-state index is -4.65. The van der Waals surface area contributed by atoms with Crippen LogP contribution in [0.4, 0.5) is 28.9 Å². The highest BCUT2D eigenvalue weighted by Gasteiger charge is 2.32. The molecule has 0 radical (unpaired) electrons. The number of sulfone groups is 1. The minimum absolute atomic E-state index is 0.0318. The molecule has 0 aliphatic carbocycles. The summed E-state index contributed by atoms with van der Waals surface area (Å²) in [5.41, 5.74) is 5.13. The maximum Gasteiger partial charge on any atom is 0.406 e. The predicted molar refractivity (Wildman–Crippen MR) is 154 cm³/mol. The van der Waals surface area contributed by atoms with Crippen molar-refractivity contribution in [1.29, 1.82) is 0 Å². The number of aliphatic hydroxyl groups is 1. The van der Waals surface area contributed by atoms with Crippen molar-refractivity contribution in [3.05, 3.63) is 48.2 Å². The van der Waals surface area contributed by atoms with Crippen molar-refractivity contribution < 1.29 is 40.6 Å². The van der Waals surface area contributed by atoms with Gasteiger partial charge in [0.2, 0.25) is 0 Å². The number of carbonyl (C=O) groups is 1. The lowest BCUT2D eigenvalue weighted by Gasteiger charge is -2.33. The van der Waals surface area contributed by atoms with Crippen LogP contribution in [0.2, 0.25) is 0 Å². The molecule has 1 aliphatic rings. The van der Waals surface area contributed by atoms with E-state index < -0.39 is 46.9 Å². The normalized spacial score (nSPS) is 18.8. The van der Waals surface area contributed by atoms with Crippen LogP contribution in [0.15, 0.2) is 47.4 Å². The van der Waals surface area contributed by atoms with Crippen LogP contribution in [0.25, 0.3) is 10.9 Å². The first-order chi connectivity index (χ1) is 20.2. The molecule has 1 aliphatic heterocycles. The Balaban J connectivity index is 1.49. The Kier molecular flexibility index (Phi) is 9.73. The first-order valence-corrected chi connectivity index (χ1v) is 15.2. The summed E-state index contributed by atoms with van der Waals surface area (Å²) in [6, 6.07) is 9.45. The van der Waals surface area contributed by atoms with Gasteiger partial charge in [-0.1, -0.05) is 6.07 Å². The Bertz CT molecular complexity index is 1570. The summed E-state index contributed by atoms with van der Waals surface area (Å²) in [7, 11) is -0.333. The Morgan fingerprint density at radius 1 is 1.19 bits per heavy atom. The van der Waals surface area contributed by atoms with Crippen molar-refractivity contribution in [2.75, 3.05) is 50.7 Å². The molecule has 1 fully saturated rings. The monoisotopic (exact) mass is 630 g/mol. The van der Waals surface area contributed by atoms with Crippen molar-refractivity contribution in [3.8, 4) is 5.75 Å². The number of aliphatic hydroxyl groups excluding tert-OH is 1. The molecule has 3 aromatic rings. The number of methoxy groups -OCH3 is 1. The number of anilines is 2. The van der Waals surface area contributed by atoms with Crippen LogP contribution in [-0.2, 0) is 16.4 Å². The van der Waals surface area contributed by atoms with E-state index in [0.717, 1.165) is 10.8 Å². The molecule has 1 unspecified atom stereocenters. The van der Waals surface area contributed by atoms with Crippen LogP contribution >= 0.6 is 0 Å². The largest absolute Gasteiger partial charge is 0.495 e. The van der Waals surface area contributed by atoms with Crippen LogP contribution < -0.4 is 26.2 Å². The fourth-order valence-corrected chi connectivity index (χ4v) is 5.52. The highest BCUT2D eigenvalue weighted by molar-refractivity contribution is 7.90. The van der Waals surface area contributed by atoms with Crippen LogP contribution in [0, 0.1) is 0 Å². The van der Waals surface area contributed by atoms with E-state index >= 15 is 0 Å². The van der Waals surface area contributed by atoms with Gasteiger partial charge in [0.1, 0.15) is 30.4 Å². The van der Waals surface area contributed by atoms with Crippen LogP contribution in [-0.4, -0.2) is 93.6 Å². The fourth-order valence-electron chi connectivity index (χ4n) is 4.89. The molecule has 1 amide bonds. The Labute approximate surface area is 246 Å². The second kappa shape index (κ2) is 13.0. The number of hydrazine groups is 1. The number of rotatable bonds is 11. The summed E-state index contributed by atoms with van der Waals surface area (Å²) in [4.78, 5) is 15.0. The summed E-state index contributed by atoms with van der Waals surface area (Å²) in [5.74, 6) is -0.747. The zero-order chi connectivity index (χ0) is 31.5. The number of carbonyl (C=O) groups excluding carboxylic acids is 1. The van der Waals surface area contributed by atoms with Gasteiger partial charge in [0.15, 0.2) is 9.84 Å². The summed E-state index contributed by atoms with van der Waals surface area (Å²) in [6.07, 6.45) is -5.71. The molecule has 16 heteroatoms. The summed E-state index contributed by atoms with van der Waals surface area (Å²) in [6.45, 7) is -0.776. The number of halogens is 4. The standard InChI is InChI=1S/C27H34F4N6O5S/c1-36-10-9-20(18(28)14-36)33-19-5-4-6-22-17(19)12-23(37(22)15-27(29,30)31)26(39)35-34-25(38)13-32-21-8-7-16(43(3,40)41)11-24(21)42-2/h4-8,11-12,18,20,25,32-34,38H,9-10,13-15H2,1-3H3,(H,35,39)/t18-,20+,25?/m0/s1. The number of piperidine rings is 1. The predicted octanol–water partition coefficient (Wildman–Crippen LogP) is 2.73. The molecule has 4 rings (SSSR count). The molecular weight excluding hydrogens is 596 g/mol. The maximum absolute atomic E-state index is 14.7. The molecule has 1 aromatic heterocycles. The van der Waals surface area contributed by atoms with E-state index in [9.17, 15) is 35.9 Å². The second-order valence-electron chi connectivity index (χ2n) is 10.4. The summed E-state index contributed by atoms with van der Waals surface area (Å²) >= 11 is 0. The number of benzene rings is 2. The van der Waals surface area contributed by atoms with Gasteiger partial charge in [-0.05, 0) is 43.8 Å². The number of fused-ring (bicyclic) bond motifs is 1. The summed E-state index contributed by atoms with van der Waals surface area (Å²) in [5, 5.41) is 16.6. The zero-order valence-electron chi connectivity index (χ0n) is 23.7. The third kappa shape index (κ3) is 8.07. The van der Waals surface area contributed by atoms with Crippen LogP contribution in [0.5, 0.6) is 5.75 Å². The smallest absolute Gasteiger partial charge is 0.406 e. The first kappa shape index (κ1) is 32.3. The van der Waals surface area contributed by atoms with E-state index in [2.05, 4.69) is 21.5 Å². The van der Waals surface area contributed by atoms with Crippen molar-refractivity contribution >= 4 is 38.0 Å². The number of nitrogens with one attached hydrogen (secondary N) is 4. The van der Waals surface area contributed by atoms with Crippen molar-refractivity contribution in [2.24, 2.45) is 0 Å². The Morgan fingerprint density at radius 2 is 1.93 bits per heavy atom. The number of ether oxygens (including phenoxy) is 1. The number of nitrogens with zero attached hydrogens (tertiary/aromatic N) is 2. The number of amides is 1. The lowest BCUT2D eigenvalue weighted by atomic mass is 10.0. The molecule has 2 aromatic carbocycles. The highest BCUT2D eigenvalue weighted by atomic mass is 32.2. The fraction of sp³-hybridized carbons (Fsp3) is 0.444. The second-order valence-corrected chi connectivity index (χ2v) is 12.4. The van der Waals surface area contributed by atoms with Gasteiger partial charge < -0.3 is 29.9 Å². The number of likely N-dealkylation sites (tertiary alicyclic amines) is 1. The average Bonchev–Trinajstić information content (AvgIpc) is 3.29. The zero-order valence-corrected chi connectivity index (χ0v) is 24.5. The Hall–Kier alpha value is -3.60. The number of aromatic nitrogens is 1. The maximum atomic E-state index is 14.7. The molecule has 0 bridgehead atoms. The van der Waals surface area contributed by atoms with Gasteiger partial charge in [0.25, 0.3) is 5.91 Å². The van der Waals surface area contributed by atoms with E-state index in [1.54, 1.807) is 6.07 Å². The average molecular weight is 631 g/mol. The molecule has 236 valence electrons.